The molecule has 8 nitrogen and oxygen atoms in total. The molecule has 3 aromatic rings. The number of aromatic amines is 1. The molecule has 0 saturated carbocycles. The number of benzene rings is 2. The molecular formula is C22H23N3O5. The lowest BCUT2D eigenvalue weighted by atomic mass is 10.2. The highest BCUT2D eigenvalue weighted by Gasteiger charge is 2.19. The summed E-state index contributed by atoms with van der Waals surface area (Å²) in [5.41, 5.74) is 0.902. The van der Waals surface area contributed by atoms with E-state index in [-0.39, 0.29) is 12.0 Å². The average Bonchev–Trinajstić information content (AvgIpc) is 2.74. The van der Waals surface area contributed by atoms with Crippen molar-refractivity contribution < 1.29 is 19.1 Å². The van der Waals surface area contributed by atoms with Gasteiger partial charge in [0.2, 0.25) is 0 Å². The molecular weight excluding hydrogens is 386 g/mol. The van der Waals surface area contributed by atoms with Crippen LogP contribution in [-0.4, -0.2) is 35.1 Å². The largest absolute Gasteiger partial charge is 0.495 e. The molecule has 156 valence electrons. The van der Waals surface area contributed by atoms with Crippen LogP contribution in [0.2, 0.25) is 0 Å². The van der Waals surface area contributed by atoms with E-state index in [0.29, 0.717) is 41.0 Å². The van der Waals surface area contributed by atoms with E-state index in [0.717, 1.165) is 0 Å². The van der Waals surface area contributed by atoms with Crippen molar-refractivity contribution >= 4 is 28.5 Å². The summed E-state index contributed by atoms with van der Waals surface area (Å²) < 4.78 is 10.4. The maximum atomic E-state index is 12.3. The Morgan fingerprint density at radius 1 is 1.13 bits per heavy atom. The molecule has 0 fully saturated rings. The van der Waals surface area contributed by atoms with Crippen molar-refractivity contribution in [2.24, 2.45) is 0 Å². The predicted octanol–water partition coefficient (Wildman–Crippen LogP) is 2.82. The minimum absolute atomic E-state index is 0.100. The van der Waals surface area contributed by atoms with Crippen LogP contribution >= 0.6 is 0 Å². The fraction of sp³-hybridized carbons (Fsp3) is 0.273. The summed E-state index contributed by atoms with van der Waals surface area (Å²) in [6.07, 6.45) is -0.0122. The summed E-state index contributed by atoms with van der Waals surface area (Å²) in [5, 5.41) is 3.20. The maximum Gasteiger partial charge on any atom is 0.306 e. The van der Waals surface area contributed by atoms with Crippen molar-refractivity contribution in [1.82, 2.24) is 9.97 Å². The molecule has 0 bridgehead atoms. The SMILES string of the molecule is COc1ccccc1NC(=O)[C@H](C)OC(=O)CCCc1nc2ccccc2c(=O)[nH]1. The van der Waals surface area contributed by atoms with Gasteiger partial charge in [-0.15, -0.1) is 0 Å². The van der Waals surface area contributed by atoms with Crippen molar-refractivity contribution in [3.05, 3.63) is 64.7 Å². The number of aryl methyl sites for hydroxylation is 1. The molecule has 0 aliphatic carbocycles. The van der Waals surface area contributed by atoms with Crippen LogP contribution in [0.25, 0.3) is 10.9 Å². The molecule has 0 aliphatic rings. The number of H-pyrrole nitrogens is 1. The number of para-hydroxylation sites is 3. The number of esters is 1. The van der Waals surface area contributed by atoms with Crippen LogP contribution in [0, 0.1) is 0 Å². The first-order chi connectivity index (χ1) is 14.5. The Morgan fingerprint density at radius 2 is 1.87 bits per heavy atom. The van der Waals surface area contributed by atoms with Crippen LogP contribution in [0.3, 0.4) is 0 Å². The smallest absolute Gasteiger partial charge is 0.306 e. The third-order valence-electron chi connectivity index (χ3n) is 4.50. The number of anilines is 1. The van der Waals surface area contributed by atoms with Crippen LogP contribution in [0.1, 0.15) is 25.6 Å². The van der Waals surface area contributed by atoms with Crippen LogP contribution in [-0.2, 0) is 20.7 Å². The second-order valence-corrected chi connectivity index (χ2v) is 6.70. The summed E-state index contributed by atoms with van der Waals surface area (Å²) in [5.74, 6) is 0.0731. The quantitative estimate of drug-likeness (QED) is 0.554. The fourth-order valence-corrected chi connectivity index (χ4v) is 2.95. The number of ether oxygens (including phenoxy) is 2. The number of fused-ring (bicyclic) bond motifs is 1. The molecule has 2 N–H and O–H groups in total. The predicted molar refractivity (Wildman–Crippen MR) is 112 cm³/mol. The molecule has 0 unspecified atom stereocenters. The van der Waals surface area contributed by atoms with Crippen LogP contribution in [0.4, 0.5) is 5.69 Å². The lowest BCUT2D eigenvalue weighted by Crippen LogP contribution is -2.30. The van der Waals surface area contributed by atoms with E-state index in [1.165, 1.54) is 14.0 Å². The second-order valence-electron chi connectivity index (χ2n) is 6.70. The number of aromatic nitrogens is 2. The van der Waals surface area contributed by atoms with E-state index in [1.807, 2.05) is 6.07 Å². The van der Waals surface area contributed by atoms with Gasteiger partial charge in [0.15, 0.2) is 6.10 Å². The third kappa shape index (κ3) is 5.22. The lowest BCUT2D eigenvalue weighted by Gasteiger charge is -2.15. The van der Waals surface area contributed by atoms with E-state index in [4.69, 9.17) is 9.47 Å². The molecule has 1 aromatic heterocycles. The van der Waals surface area contributed by atoms with Gasteiger partial charge in [0.1, 0.15) is 11.6 Å². The topological polar surface area (TPSA) is 110 Å². The first-order valence-electron chi connectivity index (χ1n) is 9.59. The summed E-state index contributed by atoms with van der Waals surface area (Å²) in [7, 11) is 1.51. The molecule has 30 heavy (non-hydrogen) atoms. The standard InChI is InChI=1S/C22H23N3O5/c1-14(21(27)24-17-10-5-6-11-18(17)29-2)30-20(26)13-7-12-19-23-16-9-4-3-8-15(16)22(28)25-19/h3-6,8-11,14H,7,12-13H2,1-2H3,(H,24,27)(H,23,25,28)/t14-/m0/s1. The molecule has 2 aromatic carbocycles. The van der Waals surface area contributed by atoms with Gasteiger partial charge in [0.05, 0.1) is 23.7 Å². The summed E-state index contributed by atoms with van der Waals surface area (Å²) >= 11 is 0. The van der Waals surface area contributed by atoms with Crippen LogP contribution in [0.5, 0.6) is 5.75 Å². The Kier molecular flexibility index (Phi) is 6.79. The molecule has 0 aliphatic heterocycles. The first kappa shape index (κ1) is 21.0. The van der Waals surface area contributed by atoms with Crippen molar-refractivity contribution in [2.75, 3.05) is 12.4 Å². The van der Waals surface area contributed by atoms with Crippen molar-refractivity contribution in [2.45, 2.75) is 32.3 Å². The van der Waals surface area contributed by atoms with Gasteiger partial charge in [-0.2, -0.15) is 0 Å². The Morgan fingerprint density at radius 3 is 2.67 bits per heavy atom. The number of hydrogen-bond donors (Lipinski definition) is 2. The third-order valence-corrected chi connectivity index (χ3v) is 4.50. The van der Waals surface area contributed by atoms with Gasteiger partial charge in [0, 0.05) is 12.8 Å². The molecule has 3 rings (SSSR count). The van der Waals surface area contributed by atoms with Gasteiger partial charge in [0.25, 0.3) is 11.5 Å². The highest BCUT2D eigenvalue weighted by atomic mass is 16.5. The Bertz CT molecular complexity index is 1110. The lowest BCUT2D eigenvalue weighted by molar-refractivity contribution is -0.153. The molecule has 0 spiro atoms. The Hall–Kier alpha value is -3.68. The van der Waals surface area contributed by atoms with Crippen LogP contribution < -0.4 is 15.6 Å². The zero-order valence-corrected chi connectivity index (χ0v) is 16.8. The molecule has 1 amide bonds. The number of amides is 1. The van der Waals surface area contributed by atoms with Gasteiger partial charge >= 0.3 is 5.97 Å². The molecule has 8 heteroatoms. The van der Waals surface area contributed by atoms with Crippen molar-refractivity contribution in [3.63, 3.8) is 0 Å². The maximum absolute atomic E-state index is 12.3. The summed E-state index contributed by atoms with van der Waals surface area (Å²) in [4.78, 5) is 43.6. The number of nitrogens with one attached hydrogen (secondary N) is 2. The van der Waals surface area contributed by atoms with E-state index < -0.39 is 18.0 Å². The van der Waals surface area contributed by atoms with E-state index in [9.17, 15) is 14.4 Å². The van der Waals surface area contributed by atoms with Crippen LogP contribution in [0.15, 0.2) is 53.3 Å². The number of rotatable bonds is 8. The highest BCUT2D eigenvalue weighted by Crippen LogP contribution is 2.23. The second kappa shape index (κ2) is 9.69. The van der Waals surface area contributed by atoms with Crippen molar-refractivity contribution in [1.29, 1.82) is 0 Å². The number of carbonyl (C=O) groups is 2. The highest BCUT2D eigenvalue weighted by molar-refractivity contribution is 5.96. The normalized spacial score (nSPS) is 11.7. The number of methoxy groups -OCH3 is 1. The molecule has 0 saturated heterocycles. The van der Waals surface area contributed by atoms with E-state index in [1.54, 1.807) is 42.5 Å². The van der Waals surface area contributed by atoms with E-state index in [2.05, 4.69) is 15.3 Å². The van der Waals surface area contributed by atoms with Gasteiger partial charge < -0.3 is 19.8 Å². The number of hydrogen-bond acceptors (Lipinski definition) is 6. The molecule has 1 atom stereocenters. The zero-order valence-electron chi connectivity index (χ0n) is 16.8. The fourth-order valence-electron chi connectivity index (χ4n) is 2.95. The van der Waals surface area contributed by atoms with Crippen molar-refractivity contribution in [3.8, 4) is 5.75 Å². The minimum atomic E-state index is -0.957. The van der Waals surface area contributed by atoms with Gasteiger partial charge in [-0.05, 0) is 37.6 Å². The Balaban J connectivity index is 1.49. The summed E-state index contributed by atoms with van der Waals surface area (Å²) in [6.45, 7) is 1.50. The summed E-state index contributed by atoms with van der Waals surface area (Å²) in [6, 6.07) is 14.0. The minimum Gasteiger partial charge on any atom is -0.495 e. The zero-order chi connectivity index (χ0) is 21.5. The van der Waals surface area contributed by atoms with Gasteiger partial charge in [-0.3, -0.25) is 14.4 Å². The molecule has 0 radical (unpaired) electrons. The average molecular weight is 409 g/mol. The van der Waals surface area contributed by atoms with E-state index >= 15 is 0 Å². The monoisotopic (exact) mass is 409 g/mol. The van der Waals surface area contributed by atoms with Gasteiger partial charge in [-0.1, -0.05) is 24.3 Å². The molecule has 1 heterocycles. The number of nitrogens with zero attached hydrogens (tertiary/aromatic N) is 1. The van der Waals surface area contributed by atoms with Gasteiger partial charge in [-0.25, -0.2) is 4.98 Å². The first-order valence-corrected chi connectivity index (χ1v) is 9.59. The Labute approximate surface area is 173 Å². The number of carbonyl (C=O) groups excluding carboxylic acids is 2.